The van der Waals surface area contributed by atoms with Gasteiger partial charge in [-0.3, -0.25) is 14.5 Å². The van der Waals surface area contributed by atoms with Gasteiger partial charge in [0.2, 0.25) is 11.8 Å². The van der Waals surface area contributed by atoms with Crippen LogP contribution in [0.5, 0.6) is 5.88 Å². The smallest absolute Gasteiger partial charge is 0.325 e. The summed E-state index contributed by atoms with van der Waals surface area (Å²) in [6.45, 7) is 0.238. The third-order valence-corrected chi connectivity index (χ3v) is 5.30. The fourth-order valence-corrected chi connectivity index (χ4v) is 3.89. The van der Waals surface area contributed by atoms with Crippen molar-refractivity contribution in [3.05, 3.63) is 53.7 Å². The summed E-state index contributed by atoms with van der Waals surface area (Å²) in [5.41, 5.74) is 1.10. The van der Waals surface area contributed by atoms with E-state index in [1.54, 1.807) is 19.2 Å². The van der Waals surface area contributed by atoms with Crippen molar-refractivity contribution >= 4 is 23.5 Å². The molecule has 1 fully saturated rings. The molecule has 0 saturated carbocycles. The number of carbonyl (C=O) groups is 3. The summed E-state index contributed by atoms with van der Waals surface area (Å²) in [7, 11) is 1.55. The van der Waals surface area contributed by atoms with E-state index in [0.29, 0.717) is 25.1 Å². The monoisotopic (exact) mass is 410 g/mol. The molecule has 0 radical (unpaired) electrons. The number of carbonyl (C=O) groups excluding carboxylic acids is 3. The maximum absolute atomic E-state index is 13.1. The number of urea groups is 1. The first-order valence-corrected chi connectivity index (χ1v) is 9.64. The first-order valence-electron chi connectivity index (χ1n) is 9.64. The van der Waals surface area contributed by atoms with Gasteiger partial charge in [0.15, 0.2) is 0 Å². The van der Waals surface area contributed by atoms with Gasteiger partial charge in [0.25, 0.3) is 5.91 Å². The van der Waals surface area contributed by atoms with Crippen molar-refractivity contribution in [3.63, 3.8) is 0 Å². The van der Waals surface area contributed by atoms with Gasteiger partial charge in [-0.05, 0) is 36.1 Å². The molecular formula is C21H22N4O5. The highest BCUT2D eigenvalue weighted by atomic mass is 16.5. The van der Waals surface area contributed by atoms with E-state index in [1.807, 2.05) is 24.3 Å². The molecular weight excluding hydrogens is 388 g/mol. The van der Waals surface area contributed by atoms with Crippen LogP contribution in [0, 0.1) is 0 Å². The predicted molar refractivity (Wildman–Crippen MR) is 107 cm³/mol. The number of hydrogen-bond donors (Lipinski definition) is 2. The third-order valence-electron chi connectivity index (χ3n) is 5.30. The minimum absolute atomic E-state index is 0.237. The zero-order valence-corrected chi connectivity index (χ0v) is 16.5. The second kappa shape index (κ2) is 8.11. The SMILES string of the molecule is COCCOc1ncccc1NC(=O)CN1C(=O)NC2(CCc3ccccc32)C1=O. The quantitative estimate of drug-likeness (QED) is 0.528. The Kier molecular flexibility index (Phi) is 5.37. The lowest BCUT2D eigenvalue weighted by atomic mass is 9.92. The highest BCUT2D eigenvalue weighted by molar-refractivity contribution is 6.11. The maximum Gasteiger partial charge on any atom is 0.325 e. The van der Waals surface area contributed by atoms with Crippen LogP contribution in [0.15, 0.2) is 42.6 Å². The van der Waals surface area contributed by atoms with E-state index in [0.717, 1.165) is 16.0 Å². The number of rotatable bonds is 7. The number of nitrogens with zero attached hydrogens (tertiary/aromatic N) is 2. The molecule has 1 saturated heterocycles. The number of ether oxygens (including phenoxy) is 2. The summed E-state index contributed by atoms with van der Waals surface area (Å²) in [6, 6.07) is 10.3. The number of nitrogens with one attached hydrogen (secondary N) is 2. The van der Waals surface area contributed by atoms with Crippen LogP contribution in [0.4, 0.5) is 10.5 Å². The molecule has 1 spiro atoms. The normalized spacial score (nSPS) is 19.7. The van der Waals surface area contributed by atoms with Gasteiger partial charge in [-0.25, -0.2) is 9.78 Å². The van der Waals surface area contributed by atoms with Crippen molar-refractivity contribution in [3.8, 4) is 5.88 Å². The summed E-state index contributed by atoms with van der Waals surface area (Å²) >= 11 is 0. The number of pyridine rings is 1. The van der Waals surface area contributed by atoms with Gasteiger partial charge in [-0.15, -0.1) is 0 Å². The zero-order chi connectivity index (χ0) is 21.1. The Morgan fingerprint density at radius 3 is 2.90 bits per heavy atom. The Morgan fingerprint density at radius 2 is 2.07 bits per heavy atom. The van der Waals surface area contributed by atoms with Crippen LogP contribution in [0.25, 0.3) is 0 Å². The number of imide groups is 1. The van der Waals surface area contributed by atoms with Crippen LogP contribution < -0.4 is 15.4 Å². The molecule has 2 heterocycles. The average molecular weight is 410 g/mol. The second-order valence-corrected chi connectivity index (χ2v) is 7.13. The minimum Gasteiger partial charge on any atom is -0.474 e. The van der Waals surface area contributed by atoms with Crippen molar-refractivity contribution < 1.29 is 23.9 Å². The molecule has 1 unspecified atom stereocenters. The lowest BCUT2D eigenvalue weighted by molar-refractivity contribution is -0.134. The van der Waals surface area contributed by atoms with Crippen LogP contribution in [0.1, 0.15) is 17.5 Å². The topological polar surface area (TPSA) is 110 Å². The fraction of sp³-hybridized carbons (Fsp3) is 0.333. The molecule has 2 N–H and O–H groups in total. The lowest BCUT2D eigenvalue weighted by Gasteiger charge is -2.22. The second-order valence-electron chi connectivity index (χ2n) is 7.13. The molecule has 156 valence electrons. The van der Waals surface area contributed by atoms with Crippen molar-refractivity contribution in [1.29, 1.82) is 0 Å². The van der Waals surface area contributed by atoms with Gasteiger partial charge < -0.3 is 20.1 Å². The highest BCUT2D eigenvalue weighted by Gasteiger charge is 2.55. The first kappa shape index (κ1) is 19.8. The van der Waals surface area contributed by atoms with Gasteiger partial charge in [-0.2, -0.15) is 0 Å². The number of aromatic nitrogens is 1. The number of aryl methyl sites for hydroxylation is 1. The lowest BCUT2D eigenvalue weighted by Crippen LogP contribution is -2.43. The van der Waals surface area contributed by atoms with Gasteiger partial charge >= 0.3 is 6.03 Å². The van der Waals surface area contributed by atoms with Crippen molar-refractivity contribution in [2.24, 2.45) is 0 Å². The molecule has 4 rings (SSSR count). The molecule has 2 aromatic rings. The summed E-state index contributed by atoms with van der Waals surface area (Å²) in [5, 5.41) is 5.47. The number of hydrogen-bond acceptors (Lipinski definition) is 6. The van der Waals surface area contributed by atoms with E-state index in [-0.39, 0.29) is 12.5 Å². The predicted octanol–water partition coefficient (Wildman–Crippen LogP) is 1.44. The van der Waals surface area contributed by atoms with E-state index in [4.69, 9.17) is 9.47 Å². The van der Waals surface area contributed by atoms with Crippen LogP contribution in [-0.4, -0.2) is 54.6 Å². The summed E-state index contributed by atoms with van der Waals surface area (Å²) in [5.74, 6) is -0.692. The Balaban J connectivity index is 1.46. The highest BCUT2D eigenvalue weighted by Crippen LogP contribution is 2.41. The van der Waals surface area contributed by atoms with E-state index in [2.05, 4.69) is 15.6 Å². The Morgan fingerprint density at radius 1 is 1.23 bits per heavy atom. The van der Waals surface area contributed by atoms with E-state index >= 15 is 0 Å². The van der Waals surface area contributed by atoms with Crippen LogP contribution in [-0.2, 0) is 26.3 Å². The van der Waals surface area contributed by atoms with E-state index < -0.39 is 29.9 Å². The molecule has 4 amide bonds. The van der Waals surface area contributed by atoms with Crippen molar-refractivity contribution in [1.82, 2.24) is 15.2 Å². The molecule has 1 atom stereocenters. The molecule has 9 heteroatoms. The van der Waals surface area contributed by atoms with Gasteiger partial charge in [-0.1, -0.05) is 24.3 Å². The van der Waals surface area contributed by atoms with Crippen molar-refractivity contribution in [2.75, 3.05) is 32.2 Å². The number of anilines is 1. The Bertz CT molecular complexity index is 995. The molecule has 0 bridgehead atoms. The number of benzene rings is 1. The minimum atomic E-state index is -1.09. The molecule has 1 aromatic carbocycles. The van der Waals surface area contributed by atoms with Gasteiger partial charge in [0.1, 0.15) is 24.4 Å². The third kappa shape index (κ3) is 3.48. The average Bonchev–Trinajstić information content (AvgIpc) is 3.23. The van der Waals surface area contributed by atoms with E-state index in [1.165, 1.54) is 6.20 Å². The van der Waals surface area contributed by atoms with Crippen molar-refractivity contribution in [2.45, 2.75) is 18.4 Å². The van der Waals surface area contributed by atoms with Gasteiger partial charge in [0.05, 0.1) is 6.61 Å². The number of fused-ring (bicyclic) bond motifs is 2. The molecule has 1 aromatic heterocycles. The Labute approximate surface area is 173 Å². The largest absolute Gasteiger partial charge is 0.474 e. The van der Waals surface area contributed by atoms with E-state index in [9.17, 15) is 14.4 Å². The number of amides is 4. The molecule has 9 nitrogen and oxygen atoms in total. The van der Waals surface area contributed by atoms with Crippen LogP contribution in [0.3, 0.4) is 0 Å². The Hall–Kier alpha value is -3.46. The van der Waals surface area contributed by atoms with Crippen LogP contribution >= 0.6 is 0 Å². The fourth-order valence-electron chi connectivity index (χ4n) is 3.89. The summed E-state index contributed by atoms with van der Waals surface area (Å²) < 4.78 is 10.4. The molecule has 30 heavy (non-hydrogen) atoms. The number of methoxy groups -OCH3 is 1. The van der Waals surface area contributed by atoms with Crippen LogP contribution in [0.2, 0.25) is 0 Å². The summed E-state index contributed by atoms with van der Waals surface area (Å²) in [6.07, 6.45) is 2.71. The molecule has 2 aliphatic rings. The summed E-state index contributed by atoms with van der Waals surface area (Å²) in [4.78, 5) is 43.3. The first-order chi connectivity index (χ1) is 14.5. The zero-order valence-electron chi connectivity index (χ0n) is 16.5. The standard InChI is InChI=1S/C21H22N4O5/c1-29-11-12-30-18-16(7-4-10-22-18)23-17(26)13-25-19(27)21(24-20(25)28)9-8-14-5-2-3-6-15(14)21/h2-7,10H,8-9,11-13H2,1H3,(H,23,26)(H,24,28). The molecule has 1 aliphatic heterocycles. The molecule has 1 aliphatic carbocycles. The van der Waals surface area contributed by atoms with Gasteiger partial charge in [0, 0.05) is 13.3 Å². The maximum atomic E-state index is 13.1.